The van der Waals surface area contributed by atoms with Gasteiger partial charge in [0.05, 0.1) is 34.2 Å². The molecule has 1 heterocycles. The van der Waals surface area contributed by atoms with E-state index in [-0.39, 0.29) is 0 Å². The van der Waals surface area contributed by atoms with E-state index in [4.69, 9.17) is 16.3 Å². The number of ether oxygens (including phenoxy) is 1. The van der Waals surface area contributed by atoms with E-state index in [0.29, 0.717) is 5.88 Å². The first-order valence-corrected chi connectivity index (χ1v) is 7.84. The molecule has 0 saturated carbocycles. The second kappa shape index (κ2) is 5.70. The van der Waals surface area contributed by atoms with Crippen molar-refractivity contribution in [3.8, 4) is 11.4 Å². The molecule has 0 N–H and O–H groups in total. The number of alkyl halides is 1. The second-order valence-electron chi connectivity index (χ2n) is 4.81. The average Bonchev–Trinajstić information content (AvgIpc) is 2.85. The van der Waals surface area contributed by atoms with Gasteiger partial charge in [0.1, 0.15) is 11.6 Å². The van der Waals surface area contributed by atoms with E-state index in [0.717, 1.165) is 32.8 Å². The number of hydrogen-bond donors (Lipinski definition) is 0. The van der Waals surface area contributed by atoms with Gasteiger partial charge in [0.15, 0.2) is 0 Å². The van der Waals surface area contributed by atoms with Gasteiger partial charge in [0, 0.05) is 6.07 Å². The second-order valence-corrected chi connectivity index (χ2v) is 5.93. The van der Waals surface area contributed by atoms with Gasteiger partial charge in [-0.25, -0.2) is 4.98 Å². The maximum absolute atomic E-state index is 6.07. The Hall–Kier alpha value is -1.52. The minimum atomic E-state index is 0.353. The number of rotatable bonds is 3. The van der Waals surface area contributed by atoms with Crippen molar-refractivity contribution in [3.63, 3.8) is 0 Å². The molecule has 5 heteroatoms. The molecule has 0 fully saturated rings. The summed E-state index contributed by atoms with van der Waals surface area (Å²) in [4.78, 5) is 4.61. The number of halogens is 2. The fourth-order valence-corrected chi connectivity index (χ4v) is 2.99. The number of imidazole rings is 1. The summed E-state index contributed by atoms with van der Waals surface area (Å²) in [6.45, 7) is 2.07. The predicted molar refractivity (Wildman–Crippen MR) is 89.6 cm³/mol. The SMILES string of the molecule is COc1cc(-n2c(CCl)nc3ccc(C)cc32)ccc1Br. The highest BCUT2D eigenvalue weighted by Gasteiger charge is 2.13. The van der Waals surface area contributed by atoms with Crippen molar-refractivity contribution in [2.24, 2.45) is 0 Å². The molecule has 0 atom stereocenters. The number of aryl methyl sites for hydroxylation is 1. The minimum Gasteiger partial charge on any atom is -0.495 e. The Balaban J connectivity index is 2.30. The summed E-state index contributed by atoms with van der Waals surface area (Å²) in [5.41, 5.74) is 4.17. The van der Waals surface area contributed by atoms with Crippen LogP contribution in [-0.2, 0) is 5.88 Å². The Morgan fingerprint density at radius 1 is 1.24 bits per heavy atom. The number of benzene rings is 2. The Morgan fingerprint density at radius 3 is 2.76 bits per heavy atom. The maximum Gasteiger partial charge on any atom is 0.135 e. The summed E-state index contributed by atoms with van der Waals surface area (Å²) in [6, 6.07) is 12.2. The van der Waals surface area contributed by atoms with Crippen LogP contribution in [0.1, 0.15) is 11.4 Å². The highest BCUT2D eigenvalue weighted by atomic mass is 79.9. The molecule has 3 aromatic rings. The molecule has 0 aliphatic carbocycles. The highest BCUT2D eigenvalue weighted by Crippen LogP contribution is 2.30. The first-order chi connectivity index (χ1) is 10.1. The predicted octanol–water partition coefficient (Wildman–Crippen LogP) is 4.84. The summed E-state index contributed by atoms with van der Waals surface area (Å²) in [7, 11) is 1.66. The third-order valence-corrected chi connectivity index (χ3v) is 4.29. The molecular formula is C16H14BrClN2O. The van der Waals surface area contributed by atoms with Gasteiger partial charge >= 0.3 is 0 Å². The van der Waals surface area contributed by atoms with E-state index < -0.39 is 0 Å². The van der Waals surface area contributed by atoms with Crippen LogP contribution in [0.25, 0.3) is 16.7 Å². The van der Waals surface area contributed by atoms with Crippen LogP contribution in [0.15, 0.2) is 40.9 Å². The molecule has 3 rings (SSSR count). The third-order valence-electron chi connectivity index (χ3n) is 3.39. The van der Waals surface area contributed by atoms with Crippen LogP contribution in [0.3, 0.4) is 0 Å². The van der Waals surface area contributed by atoms with Crippen molar-refractivity contribution in [2.75, 3.05) is 7.11 Å². The number of methoxy groups -OCH3 is 1. The van der Waals surface area contributed by atoms with E-state index in [1.807, 2.05) is 24.3 Å². The smallest absolute Gasteiger partial charge is 0.135 e. The summed E-state index contributed by atoms with van der Waals surface area (Å²) in [5.74, 6) is 1.95. The topological polar surface area (TPSA) is 27.1 Å². The quantitative estimate of drug-likeness (QED) is 0.621. The molecule has 0 bridgehead atoms. The van der Waals surface area contributed by atoms with Crippen molar-refractivity contribution in [1.82, 2.24) is 9.55 Å². The van der Waals surface area contributed by atoms with Crippen LogP contribution >= 0.6 is 27.5 Å². The van der Waals surface area contributed by atoms with Gasteiger partial charge in [-0.1, -0.05) is 6.07 Å². The normalized spacial score (nSPS) is 11.0. The molecule has 0 saturated heterocycles. The van der Waals surface area contributed by atoms with E-state index >= 15 is 0 Å². The maximum atomic E-state index is 6.07. The minimum absolute atomic E-state index is 0.353. The molecule has 0 aliphatic rings. The lowest BCUT2D eigenvalue weighted by Gasteiger charge is -2.11. The lowest BCUT2D eigenvalue weighted by atomic mass is 10.2. The van der Waals surface area contributed by atoms with E-state index in [1.54, 1.807) is 7.11 Å². The number of aromatic nitrogens is 2. The van der Waals surface area contributed by atoms with Crippen molar-refractivity contribution in [1.29, 1.82) is 0 Å². The Kier molecular flexibility index (Phi) is 3.91. The van der Waals surface area contributed by atoms with E-state index in [2.05, 4.69) is 44.5 Å². The highest BCUT2D eigenvalue weighted by molar-refractivity contribution is 9.10. The average molecular weight is 366 g/mol. The van der Waals surface area contributed by atoms with Crippen molar-refractivity contribution in [3.05, 3.63) is 52.3 Å². The summed E-state index contributed by atoms with van der Waals surface area (Å²) >= 11 is 9.55. The summed E-state index contributed by atoms with van der Waals surface area (Å²) in [5, 5.41) is 0. The molecule has 108 valence electrons. The standard InChI is InChI=1S/C16H14BrClN2O/c1-10-3-6-13-14(7-10)20(16(9-18)19-13)11-4-5-12(17)15(8-11)21-2/h3-8H,9H2,1-2H3. The molecule has 21 heavy (non-hydrogen) atoms. The molecular weight excluding hydrogens is 352 g/mol. The first kappa shape index (κ1) is 14.4. The molecule has 2 aromatic carbocycles. The summed E-state index contributed by atoms with van der Waals surface area (Å²) < 4.78 is 8.37. The van der Waals surface area contributed by atoms with Crippen LogP contribution in [0.2, 0.25) is 0 Å². The van der Waals surface area contributed by atoms with Crippen molar-refractivity contribution in [2.45, 2.75) is 12.8 Å². The molecule has 0 unspecified atom stereocenters. The Bertz CT molecular complexity index is 813. The van der Waals surface area contributed by atoms with E-state index in [1.165, 1.54) is 5.56 Å². The fourth-order valence-electron chi connectivity index (χ4n) is 2.40. The van der Waals surface area contributed by atoms with Crippen LogP contribution in [0.5, 0.6) is 5.75 Å². The Morgan fingerprint density at radius 2 is 2.05 bits per heavy atom. The number of fused-ring (bicyclic) bond motifs is 1. The van der Waals surface area contributed by atoms with Crippen LogP contribution in [0.4, 0.5) is 0 Å². The number of nitrogens with zero attached hydrogens (tertiary/aromatic N) is 2. The molecule has 0 amide bonds. The van der Waals surface area contributed by atoms with Gasteiger partial charge in [0.25, 0.3) is 0 Å². The summed E-state index contributed by atoms with van der Waals surface area (Å²) in [6.07, 6.45) is 0. The molecule has 3 nitrogen and oxygen atoms in total. The van der Waals surface area contributed by atoms with Crippen molar-refractivity contribution < 1.29 is 4.74 Å². The van der Waals surface area contributed by atoms with E-state index in [9.17, 15) is 0 Å². The molecule has 0 aliphatic heterocycles. The van der Waals surface area contributed by atoms with Crippen LogP contribution in [-0.4, -0.2) is 16.7 Å². The largest absolute Gasteiger partial charge is 0.495 e. The third kappa shape index (κ3) is 2.54. The first-order valence-electron chi connectivity index (χ1n) is 6.52. The van der Waals surface area contributed by atoms with Gasteiger partial charge in [-0.15, -0.1) is 11.6 Å². The van der Waals surface area contributed by atoms with Crippen molar-refractivity contribution >= 4 is 38.6 Å². The number of hydrogen-bond acceptors (Lipinski definition) is 2. The van der Waals surface area contributed by atoms with Gasteiger partial charge in [-0.05, 0) is 52.7 Å². The molecule has 0 radical (unpaired) electrons. The molecule has 1 aromatic heterocycles. The molecule has 0 spiro atoms. The zero-order valence-electron chi connectivity index (χ0n) is 11.7. The van der Waals surface area contributed by atoms with Gasteiger partial charge in [0.2, 0.25) is 0 Å². The van der Waals surface area contributed by atoms with Gasteiger partial charge < -0.3 is 4.74 Å². The van der Waals surface area contributed by atoms with Crippen LogP contribution in [0, 0.1) is 6.92 Å². The lowest BCUT2D eigenvalue weighted by Crippen LogP contribution is -2.00. The lowest BCUT2D eigenvalue weighted by molar-refractivity contribution is 0.412. The van der Waals surface area contributed by atoms with Gasteiger partial charge in [-0.2, -0.15) is 0 Å². The monoisotopic (exact) mass is 364 g/mol. The zero-order valence-corrected chi connectivity index (χ0v) is 14.1. The fraction of sp³-hybridized carbons (Fsp3) is 0.188. The van der Waals surface area contributed by atoms with Gasteiger partial charge in [-0.3, -0.25) is 4.57 Å². The van der Waals surface area contributed by atoms with Crippen LogP contribution < -0.4 is 4.74 Å². The Labute approximate surface area is 136 Å². The zero-order chi connectivity index (χ0) is 15.0.